The first-order chi connectivity index (χ1) is 12.7. The number of rotatable bonds is 4. The van der Waals surface area contributed by atoms with Crippen LogP contribution in [-0.2, 0) is 11.3 Å². The molecule has 0 radical (unpaired) electrons. The number of amides is 2. The van der Waals surface area contributed by atoms with Gasteiger partial charge in [0.1, 0.15) is 16.4 Å². The predicted octanol–water partition coefficient (Wildman–Crippen LogP) is 2.23. The number of benzene rings is 1. The maximum absolute atomic E-state index is 12.8. The Morgan fingerprint density at radius 1 is 1.08 bits per heavy atom. The van der Waals surface area contributed by atoms with Gasteiger partial charge in [0.25, 0.3) is 5.91 Å². The van der Waals surface area contributed by atoms with Crippen LogP contribution in [0.4, 0.5) is 5.69 Å². The minimum Gasteiger partial charge on any atom is -0.327 e. The lowest BCUT2D eigenvalue weighted by atomic mass is 10.2. The molecule has 0 bridgehead atoms. The zero-order valence-corrected chi connectivity index (χ0v) is 15.5. The van der Waals surface area contributed by atoms with Gasteiger partial charge < -0.3 is 9.80 Å². The minimum absolute atomic E-state index is 0.0439. The number of carbonyl (C=O) groups excluding carboxylic acids is 2. The van der Waals surface area contributed by atoms with Gasteiger partial charge >= 0.3 is 0 Å². The molecule has 3 heterocycles. The molecular formula is C19H22N4O2S. The highest BCUT2D eigenvalue weighted by molar-refractivity contribution is 7.13. The third kappa shape index (κ3) is 3.64. The molecule has 1 aromatic heterocycles. The van der Waals surface area contributed by atoms with E-state index in [9.17, 15) is 9.59 Å². The fourth-order valence-corrected chi connectivity index (χ4v) is 4.43. The first kappa shape index (κ1) is 17.2. The zero-order chi connectivity index (χ0) is 17.9. The molecule has 0 N–H and O–H groups in total. The number of aromatic nitrogens is 1. The molecule has 2 fully saturated rings. The summed E-state index contributed by atoms with van der Waals surface area (Å²) in [6.07, 6.45) is 4.14. The lowest BCUT2D eigenvalue weighted by molar-refractivity contribution is -0.120. The molecule has 26 heavy (non-hydrogen) atoms. The Bertz CT molecular complexity index is 786. The fraction of sp³-hybridized carbons (Fsp3) is 0.421. The van der Waals surface area contributed by atoms with E-state index in [0.717, 1.165) is 30.3 Å². The van der Waals surface area contributed by atoms with E-state index in [1.54, 1.807) is 16.0 Å². The third-order valence-corrected chi connectivity index (χ3v) is 5.87. The number of hydrogen-bond acceptors (Lipinski definition) is 5. The topological polar surface area (TPSA) is 56.8 Å². The first-order valence-corrected chi connectivity index (χ1v) is 9.84. The van der Waals surface area contributed by atoms with Gasteiger partial charge in [-0.05, 0) is 38.1 Å². The van der Waals surface area contributed by atoms with E-state index in [-0.39, 0.29) is 18.4 Å². The second kappa shape index (κ2) is 7.55. The van der Waals surface area contributed by atoms with Crippen molar-refractivity contribution in [3.05, 3.63) is 46.4 Å². The molecular weight excluding hydrogens is 348 g/mol. The number of likely N-dealkylation sites (tertiary alicyclic amines) is 1. The average molecular weight is 370 g/mol. The molecule has 4 rings (SSSR count). The second-order valence-electron chi connectivity index (χ2n) is 6.71. The molecule has 0 atom stereocenters. The monoisotopic (exact) mass is 370 g/mol. The molecule has 7 heteroatoms. The predicted molar refractivity (Wildman–Crippen MR) is 101 cm³/mol. The van der Waals surface area contributed by atoms with Crippen molar-refractivity contribution in [2.75, 3.05) is 37.6 Å². The summed E-state index contributed by atoms with van der Waals surface area (Å²) in [5, 5.41) is 0.976. The van der Waals surface area contributed by atoms with Gasteiger partial charge in [0.2, 0.25) is 5.91 Å². The molecule has 2 aliphatic rings. The van der Waals surface area contributed by atoms with Crippen molar-refractivity contribution < 1.29 is 9.59 Å². The third-order valence-electron chi connectivity index (χ3n) is 4.90. The number of thiazole rings is 1. The molecule has 2 aliphatic heterocycles. The van der Waals surface area contributed by atoms with E-state index in [0.29, 0.717) is 18.0 Å². The summed E-state index contributed by atoms with van der Waals surface area (Å²) >= 11 is 1.45. The Morgan fingerprint density at radius 3 is 2.58 bits per heavy atom. The SMILES string of the molecule is O=C(c1cnc(CN2CCCC2)s1)N1CCN(c2ccccc2)C(=O)C1. The Morgan fingerprint density at radius 2 is 1.85 bits per heavy atom. The number of carbonyl (C=O) groups is 2. The summed E-state index contributed by atoms with van der Waals surface area (Å²) in [6.45, 7) is 4.22. The minimum atomic E-state index is -0.0868. The van der Waals surface area contributed by atoms with E-state index >= 15 is 0 Å². The molecule has 1 aromatic carbocycles. The Labute approximate surface area is 157 Å². The Kier molecular flexibility index (Phi) is 4.99. The molecule has 0 saturated carbocycles. The standard InChI is InChI=1S/C19H22N4O2S/c24-18-14-22(10-11-23(18)15-6-2-1-3-7-15)19(25)16-12-20-17(26-16)13-21-8-4-5-9-21/h1-3,6-7,12H,4-5,8-11,13-14H2. The van der Waals surface area contributed by atoms with E-state index in [1.807, 2.05) is 30.3 Å². The normalized spacial score (nSPS) is 18.5. The largest absolute Gasteiger partial charge is 0.327 e. The van der Waals surface area contributed by atoms with Crippen molar-refractivity contribution in [1.29, 1.82) is 0 Å². The zero-order valence-electron chi connectivity index (χ0n) is 14.6. The van der Waals surface area contributed by atoms with Crippen LogP contribution in [0.3, 0.4) is 0 Å². The van der Waals surface area contributed by atoms with E-state index < -0.39 is 0 Å². The number of para-hydroxylation sites is 1. The van der Waals surface area contributed by atoms with Crippen LogP contribution in [0.15, 0.2) is 36.5 Å². The number of nitrogens with zero attached hydrogens (tertiary/aromatic N) is 4. The van der Waals surface area contributed by atoms with Crippen LogP contribution in [0.5, 0.6) is 0 Å². The van der Waals surface area contributed by atoms with Crippen molar-refractivity contribution >= 4 is 28.8 Å². The molecule has 0 unspecified atom stereocenters. The average Bonchev–Trinajstić information content (AvgIpc) is 3.34. The summed E-state index contributed by atoms with van der Waals surface area (Å²) < 4.78 is 0. The molecule has 2 aromatic rings. The summed E-state index contributed by atoms with van der Waals surface area (Å²) in [6, 6.07) is 9.60. The van der Waals surface area contributed by atoms with Gasteiger partial charge in [-0.3, -0.25) is 14.5 Å². The fourth-order valence-electron chi connectivity index (χ4n) is 3.50. The van der Waals surface area contributed by atoms with Gasteiger partial charge in [0.15, 0.2) is 0 Å². The van der Waals surface area contributed by atoms with Crippen molar-refractivity contribution in [2.45, 2.75) is 19.4 Å². The molecule has 0 aliphatic carbocycles. The van der Waals surface area contributed by atoms with Gasteiger partial charge in [-0.1, -0.05) is 18.2 Å². The van der Waals surface area contributed by atoms with Crippen LogP contribution in [0.1, 0.15) is 27.5 Å². The van der Waals surface area contributed by atoms with Gasteiger partial charge in [-0.25, -0.2) is 4.98 Å². The van der Waals surface area contributed by atoms with Crippen LogP contribution >= 0.6 is 11.3 Å². The van der Waals surface area contributed by atoms with Crippen LogP contribution < -0.4 is 4.90 Å². The van der Waals surface area contributed by atoms with E-state index in [4.69, 9.17) is 0 Å². The Hall–Kier alpha value is -2.25. The highest BCUT2D eigenvalue weighted by Crippen LogP contribution is 2.21. The maximum atomic E-state index is 12.8. The molecule has 6 nitrogen and oxygen atoms in total. The summed E-state index contributed by atoms with van der Waals surface area (Å²) in [5.41, 5.74) is 0.885. The smallest absolute Gasteiger partial charge is 0.266 e. The van der Waals surface area contributed by atoms with E-state index in [1.165, 1.54) is 24.2 Å². The lowest BCUT2D eigenvalue weighted by Crippen LogP contribution is -2.52. The summed E-state index contributed by atoms with van der Waals surface area (Å²) in [7, 11) is 0. The van der Waals surface area contributed by atoms with Crippen molar-refractivity contribution in [2.24, 2.45) is 0 Å². The van der Waals surface area contributed by atoms with E-state index in [2.05, 4.69) is 9.88 Å². The number of anilines is 1. The highest BCUT2D eigenvalue weighted by atomic mass is 32.1. The van der Waals surface area contributed by atoms with Crippen LogP contribution in [0.25, 0.3) is 0 Å². The van der Waals surface area contributed by atoms with Gasteiger partial charge in [0.05, 0.1) is 12.7 Å². The highest BCUT2D eigenvalue weighted by Gasteiger charge is 2.29. The first-order valence-electron chi connectivity index (χ1n) is 9.02. The van der Waals surface area contributed by atoms with Crippen LogP contribution in [0.2, 0.25) is 0 Å². The van der Waals surface area contributed by atoms with Gasteiger partial charge in [-0.15, -0.1) is 11.3 Å². The van der Waals surface area contributed by atoms with Gasteiger partial charge in [-0.2, -0.15) is 0 Å². The molecule has 0 spiro atoms. The molecule has 136 valence electrons. The summed E-state index contributed by atoms with van der Waals surface area (Å²) in [4.78, 5) is 36.0. The van der Waals surface area contributed by atoms with Crippen LogP contribution in [0, 0.1) is 0 Å². The molecule has 2 saturated heterocycles. The molecule has 2 amide bonds. The quantitative estimate of drug-likeness (QED) is 0.828. The number of piperazine rings is 1. The lowest BCUT2D eigenvalue weighted by Gasteiger charge is -2.34. The van der Waals surface area contributed by atoms with Crippen molar-refractivity contribution in [3.63, 3.8) is 0 Å². The maximum Gasteiger partial charge on any atom is 0.266 e. The van der Waals surface area contributed by atoms with Crippen molar-refractivity contribution in [1.82, 2.24) is 14.8 Å². The number of hydrogen-bond donors (Lipinski definition) is 0. The Balaban J connectivity index is 1.38. The summed E-state index contributed by atoms with van der Waals surface area (Å²) in [5.74, 6) is -0.131. The van der Waals surface area contributed by atoms with Crippen LogP contribution in [-0.4, -0.2) is 59.3 Å². The second-order valence-corrected chi connectivity index (χ2v) is 7.82. The van der Waals surface area contributed by atoms with Gasteiger partial charge in [0, 0.05) is 18.8 Å². The van der Waals surface area contributed by atoms with Crippen molar-refractivity contribution in [3.8, 4) is 0 Å².